The van der Waals surface area contributed by atoms with E-state index in [0.29, 0.717) is 6.04 Å². The van der Waals surface area contributed by atoms with Crippen molar-refractivity contribution in [1.29, 1.82) is 0 Å². The van der Waals surface area contributed by atoms with Gasteiger partial charge in [0.25, 0.3) is 0 Å². The molecule has 1 saturated heterocycles. The number of aryl methyl sites for hydroxylation is 1. The molecule has 14 heavy (non-hydrogen) atoms. The first-order valence-corrected chi connectivity index (χ1v) is 5.24. The second kappa shape index (κ2) is 4.15. The van der Waals surface area contributed by atoms with Crippen LogP contribution in [-0.4, -0.2) is 30.6 Å². The van der Waals surface area contributed by atoms with Crippen molar-refractivity contribution in [2.45, 2.75) is 26.4 Å². The second-order valence-corrected chi connectivity index (χ2v) is 4.12. The highest BCUT2D eigenvalue weighted by Gasteiger charge is 2.17. The molecule has 1 fully saturated rings. The molecule has 1 N–H and O–H groups in total. The van der Waals surface area contributed by atoms with E-state index >= 15 is 0 Å². The molecular formula is C11H18N2O. The van der Waals surface area contributed by atoms with Gasteiger partial charge in [0.15, 0.2) is 0 Å². The first-order valence-electron chi connectivity index (χ1n) is 5.24. The summed E-state index contributed by atoms with van der Waals surface area (Å²) >= 11 is 0. The molecule has 0 aromatic carbocycles. The third kappa shape index (κ3) is 2.16. The van der Waals surface area contributed by atoms with E-state index < -0.39 is 0 Å². The Labute approximate surface area is 85.1 Å². The van der Waals surface area contributed by atoms with Crippen LogP contribution in [0.1, 0.15) is 18.2 Å². The summed E-state index contributed by atoms with van der Waals surface area (Å²) in [4.78, 5) is 2.44. The first kappa shape index (κ1) is 9.74. The van der Waals surface area contributed by atoms with Gasteiger partial charge in [-0.05, 0) is 25.5 Å². The molecule has 0 aliphatic carbocycles. The van der Waals surface area contributed by atoms with Crippen LogP contribution in [0.5, 0.6) is 0 Å². The first-order chi connectivity index (χ1) is 6.75. The molecule has 1 unspecified atom stereocenters. The van der Waals surface area contributed by atoms with Gasteiger partial charge in [-0.3, -0.25) is 4.90 Å². The molecular weight excluding hydrogens is 176 g/mol. The van der Waals surface area contributed by atoms with E-state index in [1.807, 2.05) is 6.07 Å². The van der Waals surface area contributed by atoms with Gasteiger partial charge in [-0.1, -0.05) is 0 Å². The third-order valence-corrected chi connectivity index (χ3v) is 2.79. The number of piperazine rings is 1. The summed E-state index contributed by atoms with van der Waals surface area (Å²) in [7, 11) is 0. The van der Waals surface area contributed by atoms with Crippen LogP contribution in [-0.2, 0) is 6.54 Å². The normalized spacial score (nSPS) is 24.0. The Kier molecular flexibility index (Phi) is 2.89. The van der Waals surface area contributed by atoms with E-state index in [9.17, 15) is 0 Å². The summed E-state index contributed by atoms with van der Waals surface area (Å²) in [5.41, 5.74) is 1.26. The predicted octanol–water partition coefficient (Wildman–Crippen LogP) is 1.38. The minimum atomic E-state index is 0.596. The van der Waals surface area contributed by atoms with Crippen molar-refractivity contribution in [2.75, 3.05) is 19.6 Å². The molecule has 1 aliphatic rings. The average Bonchev–Trinajstić information content (AvgIpc) is 2.52. The standard InChI is InChI=1S/C11H18N2O/c1-9-3-6-14-11(9)8-13-5-4-12-10(2)7-13/h3,6,10,12H,4-5,7-8H2,1-2H3. The Morgan fingerprint density at radius 2 is 2.50 bits per heavy atom. The third-order valence-electron chi connectivity index (χ3n) is 2.79. The second-order valence-electron chi connectivity index (χ2n) is 4.12. The molecule has 78 valence electrons. The van der Waals surface area contributed by atoms with Crippen LogP contribution < -0.4 is 5.32 Å². The van der Waals surface area contributed by atoms with Gasteiger partial charge in [-0.15, -0.1) is 0 Å². The monoisotopic (exact) mass is 194 g/mol. The van der Waals surface area contributed by atoms with Crippen molar-refractivity contribution in [1.82, 2.24) is 10.2 Å². The Hall–Kier alpha value is -0.800. The van der Waals surface area contributed by atoms with Crippen LogP contribution in [0, 0.1) is 6.92 Å². The van der Waals surface area contributed by atoms with E-state index in [-0.39, 0.29) is 0 Å². The van der Waals surface area contributed by atoms with Crippen molar-refractivity contribution < 1.29 is 4.42 Å². The lowest BCUT2D eigenvalue weighted by Gasteiger charge is -2.31. The van der Waals surface area contributed by atoms with Crippen LogP contribution in [0.4, 0.5) is 0 Å². The van der Waals surface area contributed by atoms with Crippen LogP contribution in [0.25, 0.3) is 0 Å². The van der Waals surface area contributed by atoms with Gasteiger partial charge in [-0.25, -0.2) is 0 Å². The quantitative estimate of drug-likeness (QED) is 0.771. The molecule has 0 spiro atoms. The van der Waals surface area contributed by atoms with Crippen LogP contribution in [0.2, 0.25) is 0 Å². The maximum atomic E-state index is 5.44. The summed E-state index contributed by atoms with van der Waals surface area (Å²) < 4.78 is 5.44. The zero-order valence-electron chi connectivity index (χ0n) is 8.92. The topological polar surface area (TPSA) is 28.4 Å². The molecule has 3 heteroatoms. The highest BCUT2D eigenvalue weighted by molar-refractivity contribution is 5.14. The number of rotatable bonds is 2. The average molecular weight is 194 g/mol. The Bertz CT molecular complexity index is 295. The molecule has 1 aliphatic heterocycles. The Morgan fingerprint density at radius 1 is 1.64 bits per heavy atom. The van der Waals surface area contributed by atoms with Gasteiger partial charge in [0.1, 0.15) is 5.76 Å². The van der Waals surface area contributed by atoms with Crippen LogP contribution >= 0.6 is 0 Å². The van der Waals surface area contributed by atoms with Crippen molar-refractivity contribution in [3.63, 3.8) is 0 Å². The van der Waals surface area contributed by atoms with Crippen molar-refractivity contribution in [2.24, 2.45) is 0 Å². The van der Waals surface area contributed by atoms with E-state index in [0.717, 1.165) is 31.9 Å². The van der Waals surface area contributed by atoms with E-state index in [4.69, 9.17) is 4.42 Å². The number of furan rings is 1. The molecule has 0 saturated carbocycles. The van der Waals surface area contributed by atoms with E-state index in [1.54, 1.807) is 6.26 Å². The molecule has 2 rings (SSSR count). The number of hydrogen-bond donors (Lipinski definition) is 1. The minimum absolute atomic E-state index is 0.596. The summed E-state index contributed by atoms with van der Waals surface area (Å²) in [5, 5.41) is 3.43. The fourth-order valence-corrected chi connectivity index (χ4v) is 1.92. The van der Waals surface area contributed by atoms with Crippen molar-refractivity contribution in [3.8, 4) is 0 Å². The SMILES string of the molecule is Cc1ccoc1CN1CCNC(C)C1. The molecule has 0 radical (unpaired) electrons. The molecule has 0 amide bonds. The smallest absolute Gasteiger partial charge is 0.120 e. The lowest BCUT2D eigenvalue weighted by Crippen LogP contribution is -2.48. The molecule has 3 nitrogen and oxygen atoms in total. The van der Waals surface area contributed by atoms with Gasteiger partial charge >= 0.3 is 0 Å². The molecule has 1 aromatic heterocycles. The van der Waals surface area contributed by atoms with Gasteiger partial charge in [0.05, 0.1) is 12.8 Å². The maximum Gasteiger partial charge on any atom is 0.120 e. The van der Waals surface area contributed by atoms with Crippen molar-refractivity contribution in [3.05, 3.63) is 23.7 Å². The predicted molar refractivity (Wildman–Crippen MR) is 56.2 cm³/mol. The van der Waals surface area contributed by atoms with Gasteiger partial charge in [-0.2, -0.15) is 0 Å². The highest BCUT2D eigenvalue weighted by Crippen LogP contribution is 2.12. The Morgan fingerprint density at radius 3 is 3.14 bits per heavy atom. The van der Waals surface area contributed by atoms with Gasteiger partial charge < -0.3 is 9.73 Å². The van der Waals surface area contributed by atoms with Crippen molar-refractivity contribution >= 4 is 0 Å². The fourth-order valence-electron chi connectivity index (χ4n) is 1.92. The lowest BCUT2D eigenvalue weighted by atomic mass is 10.2. The summed E-state index contributed by atoms with van der Waals surface area (Å²) in [6.45, 7) is 8.59. The molecule has 2 heterocycles. The van der Waals surface area contributed by atoms with Gasteiger partial charge in [0, 0.05) is 25.7 Å². The fraction of sp³-hybridized carbons (Fsp3) is 0.636. The molecule has 1 aromatic rings. The minimum Gasteiger partial charge on any atom is -0.468 e. The number of hydrogen-bond acceptors (Lipinski definition) is 3. The van der Waals surface area contributed by atoms with Crippen LogP contribution in [0.15, 0.2) is 16.7 Å². The lowest BCUT2D eigenvalue weighted by molar-refractivity contribution is 0.186. The van der Waals surface area contributed by atoms with Gasteiger partial charge in [0.2, 0.25) is 0 Å². The highest BCUT2D eigenvalue weighted by atomic mass is 16.3. The maximum absolute atomic E-state index is 5.44. The number of nitrogens with one attached hydrogen (secondary N) is 1. The zero-order chi connectivity index (χ0) is 9.97. The Balaban J connectivity index is 1.94. The summed E-state index contributed by atoms with van der Waals surface area (Å²) in [5.74, 6) is 1.11. The number of nitrogens with zero attached hydrogens (tertiary/aromatic N) is 1. The zero-order valence-corrected chi connectivity index (χ0v) is 8.92. The molecule has 0 bridgehead atoms. The molecule has 1 atom stereocenters. The summed E-state index contributed by atoms with van der Waals surface area (Å²) in [6, 6.07) is 2.63. The largest absolute Gasteiger partial charge is 0.468 e. The van der Waals surface area contributed by atoms with E-state index in [1.165, 1.54) is 5.56 Å². The van der Waals surface area contributed by atoms with E-state index in [2.05, 4.69) is 24.1 Å². The van der Waals surface area contributed by atoms with Crippen LogP contribution in [0.3, 0.4) is 0 Å². The summed E-state index contributed by atoms with van der Waals surface area (Å²) in [6.07, 6.45) is 1.77.